The van der Waals surface area contributed by atoms with Crippen LogP contribution in [-0.2, 0) is 0 Å². The van der Waals surface area contributed by atoms with Crippen LogP contribution in [0.1, 0.15) is 0 Å². The molecule has 0 saturated heterocycles. The van der Waals surface area contributed by atoms with E-state index in [1.807, 2.05) is 0 Å². The summed E-state index contributed by atoms with van der Waals surface area (Å²) in [6.45, 7) is 0. The van der Waals surface area contributed by atoms with Gasteiger partial charge in [0.1, 0.15) is 5.02 Å². The van der Waals surface area contributed by atoms with E-state index in [9.17, 15) is 4.39 Å². The van der Waals surface area contributed by atoms with Gasteiger partial charge in [-0.15, -0.1) is 0 Å². The van der Waals surface area contributed by atoms with E-state index in [2.05, 4.69) is 10.7 Å². The first-order valence-electron chi connectivity index (χ1n) is 1.61. The molecule has 0 spiro atoms. The standard InChI is InChI=1S/C4HClFO/c5-3-1-2-7-4(3)6/h1H. The summed E-state index contributed by atoms with van der Waals surface area (Å²) in [5.74, 6) is 0. The van der Waals surface area contributed by atoms with E-state index in [1.54, 1.807) is 0 Å². The summed E-state index contributed by atoms with van der Waals surface area (Å²) in [4.78, 5) is 0. The molecule has 0 fully saturated rings. The number of furan rings is 1. The monoisotopic (exact) mass is 119 g/mol. The molecule has 1 heterocycles. The third kappa shape index (κ3) is 0.747. The minimum absolute atomic E-state index is 0.0278. The molecule has 0 atom stereocenters. The van der Waals surface area contributed by atoms with Gasteiger partial charge in [0.05, 0.1) is 0 Å². The van der Waals surface area contributed by atoms with Gasteiger partial charge in [0.25, 0.3) is 6.01 Å². The molecule has 1 radical (unpaired) electrons. The molecule has 0 aromatic carbocycles. The number of hydrogen-bond donors (Lipinski definition) is 0. The van der Waals surface area contributed by atoms with Gasteiger partial charge in [-0.2, -0.15) is 4.39 Å². The van der Waals surface area contributed by atoms with E-state index < -0.39 is 6.01 Å². The molecular weight excluding hydrogens is 118 g/mol. The predicted molar refractivity (Wildman–Crippen MR) is 22.5 cm³/mol. The Hall–Kier alpha value is -0.500. The Morgan fingerprint density at radius 3 is 2.71 bits per heavy atom. The molecule has 0 saturated carbocycles. The SMILES string of the molecule is Fc1o[c]cc1Cl. The van der Waals surface area contributed by atoms with Crippen LogP contribution in [0.15, 0.2) is 10.5 Å². The lowest BCUT2D eigenvalue weighted by atomic mass is 10.7. The maximum Gasteiger partial charge on any atom is 0.297 e. The van der Waals surface area contributed by atoms with Crippen LogP contribution >= 0.6 is 11.6 Å². The molecule has 0 aliphatic heterocycles. The minimum atomic E-state index is -0.776. The van der Waals surface area contributed by atoms with Gasteiger partial charge in [-0.1, -0.05) is 11.6 Å². The van der Waals surface area contributed by atoms with Crippen LogP contribution in [0.25, 0.3) is 0 Å². The molecule has 0 N–H and O–H groups in total. The smallest absolute Gasteiger partial charge is 0.297 e. The highest BCUT2D eigenvalue weighted by Crippen LogP contribution is 2.12. The van der Waals surface area contributed by atoms with Gasteiger partial charge < -0.3 is 4.42 Å². The molecule has 1 rings (SSSR count). The van der Waals surface area contributed by atoms with Crippen LogP contribution in [0.5, 0.6) is 0 Å². The maximum absolute atomic E-state index is 11.7. The van der Waals surface area contributed by atoms with Gasteiger partial charge in [-0.25, -0.2) is 0 Å². The van der Waals surface area contributed by atoms with Crippen molar-refractivity contribution in [2.45, 2.75) is 0 Å². The highest BCUT2D eigenvalue weighted by atomic mass is 35.5. The summed E-state index contributed by atoms with van der Waals surface area (Å²) in [7, 11) is 0. The highest BCUT2D eigenvalue weighted by Gasteiger charge is 1.98. The highest BCUT2D eigenvalue weighted by molar-refractivity contribution is 6.30. The number of hydrogen-bond acceptors (Lipinski definition) is 1. The summed E-state index contributed by atoms with van der Waals surface area (Å²) < 4.78 is 15.8. The molecule has 1 aromatic rings. The molecule has 1 aromatic heterocycles. The average molecular weight is 120 g/mol. The van der Waals surface area contributed by atoms with Crippen LogP contribution in [0.2, 0.25) is 5.02 Å². The second kappa shape index (κ2) is 1.54. The van der Waals surface area contributed by atoms with Crippen molar-refractivity contribution in [3.05, 3.63) is 23.4 Å². The zero-order valence-corrected chi connectivity index (χ0v) is 4.00. The van der Waals surface area contributed by atoms with E-state index in [0.29, 0.717) is 0 Å². The summed E-state index contributed by atoms with van der Waals surface area (Å²) in [5, 5.41) is -0.0278. The summed E-state index contributed by atoms with van der Waals surface area (Å²) in [5.41, 5.74) is 0. The van der Waals surface area contributed by atoms with Crippen molar-refractivity contribution < 1.29 is 8.81 Å². The Bertz CT molecular complexity index is 144. The predicted octanol–water partition coefficient (Wildman–Crippen LogP) is 1.87. The molecule has 7 heavy (non-hydrogen) atoms. The van der Waals surface area contributed by atoms with Crippen molar-refractivity contribution in [3.8, 4) is 0 Å². The van der Waals surface area contributed by atoms with Gasteiger partial charge in [-0.3, -0.25) is 0 Å². The summed E-state index contributed by atoms with van der Waals surface area (Å²) >= 11 is 5.12. The molecule has 0 aliphatic carbocycles. The van der Waals surface area contributed by atoms with E-state index in [4.69, 9.17) is 11.6 Å². The van der Waals surface area contributed by atoms with Crippen molar-refractivity contribution in [1.82, 2.24) is 0 Å². The first-order chi connectivity index (χ1) is 3.30. The minimum Gasteiger partial charge on any atom is -0.427 e. The van der Waals surface area contributed by atoms with Gasteiger partial charge >= 0.3 is 0 Å². The molecular formula is C4HClFO. The van der Waals surface area contributed by atoms with E-state index in [0.717, 1.165) is 0 Å². The third-order valence-electron chi connectivity index (χ3n) is 0.522. The topological polar surface area (TPSA) is 13.1 Å². The molecule has 0 bridgehead atoms. The van der Waals surface area contributed by atoms with Crippen LogP contribution in [0.3, 0.4) is 0 Å². The Balaban J connectivity index is 3.12. The zero-order valence-electron chi connectivity index (χ0n) is 3.24. The number of halogens is 2. The summed E-state index contributed by atoms with van der Waals surface area (Å²) in [6, 6.07) is 0.443. The quantitative estimate of drug-likeness (QED) is 0.508. The first-order valence-corrected chi connectivity index (χ1v) is 1.99. The Labute approximate surface area is 44.7 Å². The van der Waals surface area contributed by atoms with Crippen LogP contribution in [-0.4, -0.2) is 0 Å². The molecule has 1 nitrogen and oxygen atoms in total. The fraction of sp³-hybridized carbons (Fsp3) is 0. The third-order valence-corrected chi connectivity index (χ3v) is 0.780. The fourth-order valence-corrected chi connectivity index (χ4v) is 0.322. The lowest BCUT2D eigenvalue weighted by molar-refractivity contribution is 0.355. The summed E-state index contributed by atoms with van der Waals surface area (Å²) in [6.07, 6.45) is 2.12. The first kappa shape index (κ1) is 4.65. The van der Waals surface area contributed by atoms with Crippen molar-refractivity contribution in [3.63, 3.8) is 0 Å². The van der Waals surface area contributed by atoms with Crippen LogP contribution in [0, 0.1) is 12.3 Å². The Kier molecular flexibility index (Phi) is 1.02. The van der Waals surface area contributed by atoms with Gasteiger partial charge in [0.2, 0.25) is 0 Å². The van der Waals surface area contributed by atoms with Gasteiger partial charge in [-0.05, 0) is 0 Å². The Morgan fingerprint density at radius 1 is 1.86 bits per heavy atom. The maximum atomic E-state index is 11.7. The van der Waals surface area contributed by atoms with Crippen molar-refractivity contribution >= 4 is 11.6 Å². The average Bonchev–Trinajstić information content (AvgIpc) is 1.91. The van der Waals surface area contributed by atoms with E-state index in [1.165, 1.54) is 6.07 Å². The lowest BCUT2D eigenvalue weighted by Gasteiger charge is -1.71. The largest absolute Gasteiger partial charge is 0.427 e. The number of rotatable bonds is 0. The van der Waals surface area contributed by atoms with Gasteiger partial charge in [0.15, 0.2) is 6.26 Å². The lowest BCUT2D eigenvalue weighted by Crippen LogP contribution is -1.57. The molecule has 37 valence electrons. The molecule has 3 heteroatoms. The normalized spacial score (nSPS) is 9.43. The van der Waals surface area contributed by atoms with Crippen LogP contribution < -0.4 is 0 Å². The molecule has 0 amide bonds. The fourth-order valence-electron chi connectivity index (χ4n) is 0.238. The molecule has 0 aliphatic rings. The zero-order chi connectivity index (χ0) is 5.28. The van der Waals surface area contributed by atoms with E-state index in [-0.39, 0.29) is 5.02 Å². The second-order valence-electron chi connectivity index (χ2n) is 0.986. The van der Waals surface area contributed by atoms with Crippen molar-refractivity contribution in [2.75, 3.05) is 0 Å². The van der Waals surface area contributed by atoms with Crippen molar-refractivity contribution in [2.24, 2.45) is 0 Å². The van der Waals surface area contributed by atoms with Gasteiger partial charge in [0, 0.05) is 6.07 Å². The van der Waals surface area contributed by atoms with Crippen LogP contribution in [0.4, 0.5) is 4.39 Å². The van der Waals surface area contributed by atoms with E-state index >= 15 is 0 Å². The van der Waals surface area contributed by atoms with Crippen molar-refractivity contribution in [1.29, 1.82) is 0 Å². The Morgan fingerprint density at radius 2 is 2.57 bits per heavy atom. The molecule has 0 unspecified atom stereocenters. The second-order valence-corrected chi connectivity index (χ2v) is 1.39.